The molecular weight excluding hydrogens is 326 g/mol. The Bertz CT molecular complexity index is 691. The second-order valence-electron chi connectivity index (χ2n) is 6.56. The van der Waals surface area contributed by atoms with E-state index in [0.29, 0.717) is 17.7 Å². The number of benzene rings is 1. The molecule has 0 aromatic heterocycles. The van der Waals surface area contributed by atoms with Crippen LogP contribution >= 0.6 is 0 Å². The van der Waals surface area contributed by atoms with Crippen molar-refractivity contribution in [2.24, 2.45) is 0 Å². The molecule has 6 nitrogen and oxygen atoms in total. The van der Waals surface area contributed by atoms with E-state index < -0.39 is 10.0 Å². The highest BCUT2D eigenvalue weighted by Crippen LogP contribution is 2.31. The van der Waals surface area contributed by atoms with Crippen molar-refractivity contribution in [2.45, 2.75) is 44.7 Å². The van der Waals surface area contributed by atoms with Gasteiger partial charge in [-0.3, -0.25) is 9.52 Å². The third-order valence-electron chi connectivity index (χ3n) is 4.78. The molecule has 2 fully saturated rings. The summed E-state index contributed by atoms with van der Waals surface area (Å²) in [5, 5.41) is 3.38. The summed E-state index contributed by atoms with van der Waals surface area (Å²) >= 11 is 0. The smallest absolute Gasteiger partial charge is 0.256 e. The van der Waals surface area contributed by atoms with Crippen LogP contribution in [0.3, 0.4) is 0 Å². The van der Waals surface area contributed by atoms with E-state index in [1.807, 2.05) is 11.8 Å². The van der Waals surface area contributed by atoms with E-state index in [1.165, 1.54) is 0 Å². The van der Waals surface area contributed by atoms with E-state index in [1.54, 1.807) is 24.3 Å². The van der Waals surface area contributed by atoms with Gasteiger partial charge in [-0.25, -0.2) is 8.42 Å². The van der Waals surface area contributed by atoms with Crippen LogP contribution in [0.25, 0.3) is 0 Å². The summed E-state index contributed by atoms with van der Waals surface area (Å²) in [6, 6.07) is 7.35. The average Bonchev–Trinajstić information content (AvgIpc) is 2.79. The summed E-state index contributed by atoms with van der Waals surface area (Å²) in [7, 11) is -3.42. The molecule has 2 saturated heterocycles. The standard InChI is InChI=1S/C17H25N3O3S/c1-2-11-24(22,23)19-16-6-4-3-5-15(16)17(21)20-13-7-8-14(20)12-18-10-9-13/h3-6,13-14,18-19H,2,7-12H2,1H3. The van der Waals surface area contributed by atoms with Gasteiger partial charge in [0, 0.05) is 18.6 Å². The first kappa shape index (κ1) is 17.2. The third kappa shape index (κ3) is 3.57. The number of nitrogens with zero attached hydrogens (tertiary/aromatic N) is 1. The molecule has 0 aliphatic carbocycles. The number of anilines is 1. The number of rotatable bonds is 5. The maximum absolute atomic E-state index is 13.1. The highest BCUT2D eigenvalue weighted by Gasteiger charge is 2.39. The van der Waals surface area contributed by atoms with Crippen molar-refractivity contribution >= 4 is 21.6 Å². The lowest BCUT2D eigenvalue weighted by atomic mass is 10.1. The number of fused-ring (bicyclic) bond motifs is 2. The van der Waals surface area contributed by atoms with E-state index in [9.17, 15) is 13.2 Å². The van der Waals surface area contributed by atoms with E-state index in [4.69, 9.17) is 0 Å². The lowest BCUT2D eigenvalue weighted by molar-refractivity contribution is 0.0681. The molecule has 0 saturated carbocycles. The van der Waals surface area contributed by atoms with Crippen molar-refractivity contribution in [3.8, 4) is 0 Å². The van der Waals surface area contributed by atoms with Gasteiger partial charge in [0.1, 0.15) is 0 Å². The first-order valence-electron chi connectivity index (χ1n) is 8.64. The summed E-state index contributed by atoms with van der Waals surface area (Å²) in [5.41, 5.74) is 0.823. The van der Waals surface area contributed by atoms with Crippen LogP contribution in [-0.2, 0) is 10.0 Å². The van der Waals surface area contributed by atoms with Crippen LogP contribution in [0.4, 0.5) is 5.69 Å². The Morgan fingerprint density at radius 3 is 2.79 bits per heavy atom. The number of hydrogen-bond acceptors (Lipinski definition) is 4. The number of amides is 1. The number of sulfonamides is 1. The highest BCUT2D eigenvalue weighted by molar-refractivity contribution is 7.92. The van der Waals surface area contributed by atoms with Crippen LogP contribution in [0.1, 0.15) is 43.0 Å². The topological polar surface area (TPSA) is 78.5 Å². The maximum Gasteiger partial charge on any atom is 0.256 e. The number of hydrogen-bond donors (Lipinski definition) is 2. The molecule has 7 heteroatoms. The summed E-state index contributed by atoms with van der Waals surface area (Å²) in [5.74, 6) is -0.0185. The lowest BCUT2D eigenvalue weighted by Crippen LogP contribution is -2.42. The molecule has 1 amide bonds. The molecule has 2 aliphatic heterocycles. The molecule has 0 radical (unpaired) electrons. The van der Waals surface area contributed by atoms with Crippen molar-refractivity contribution in [3.63, 3.8) is 0 Å². The van der Waals surface area contributed by atoms with E-state index in [-0.39, 0.29) is 23.7 Å². The van der Waals surface area contributed by atoms with Gasteiger partial charge < -0.3 is 10.2 Å². The second kappa shape index (κ2) is 7.11. The van der Waals surface area contributed by atoms with E-state index in [0.717, 1.165) is 32.4 Å². The van der Waals surface area contributed by atoms with Crippen LogP contribution in [0.5, 0.6) is 0 Å². The SMILES string of the molecule is CCCS(=O)(=O)Nc1ccccc1C(=O)N1C2CCNCC1CC2. The zero-order valence-electron chi connectivity index (χ0n) is 14.0. The summed E-state index contributed by atoms with van der Waals surface area (Å²) in [6.07, 6.45) is 3.52. The van der Waals surface area contributed by atoms with Crippen molar-refractivity contribution < 1.29 is 13.2 Å². The molecule has 3 rings (SSSR count). The zero-order chi connectivity index (χ0) is 17.2. The quantitative estimate of drug-likeness (QED) is 0.848. The molecule has 2 atom stereocenters. The molecule has 2 bridgehead atoms. The Morgan fingerprint density at radius 2 is 2.00 bits per heavy atom. The van der Waals surface area contributed by atoms with Crippen LogP contribution in [0.15, 0.2) is 24.3 Å². The number of carbonyl (C=O) groups excluding carboxylic acids is 1. The van der Waals surface area contributed by atoms with Crippen molar-refractivity contribution in [3.05, 3.63) is 29.8 Å². The number of para-hydroxylation sites is 1. The monoisotopic (exact) mass is 351 g/mol. The molecular formula is C17H25N3O3S. The molecule has 132 valence electrons. The Hall–Kier alpha value is -1.60. The zero-order valence-corrected chi connectivity index (χ0v) is 14.8. The third-order valence-corrected chi connectivity index (χ3v) is 6.26. The molecule has 24 heavy (non-hydrogen) atoms. The summed E-state index contributed by atoms with van der Waals surface area (Å²) < 4.78 is 26.8. The molecule has 1 aromatic carbocycles. The van der Waals surface area contributed by atoms with Gasteiger partial charge in [0.15, 0.2) is 0 Å². The number of carbonyl (C=O) groups is 1. The summed E-state index contributed by atoms with van der Waals surface area (Å²) in [4.78, 5) is 15.1. The van der Waals surface area contributed by atoms with E-state index >= 15 is 0 Å². The van der Waals surface area contributed by atoms with Crippen molar-refractivity contribution in [2.75, 3.05) is 23.6 Å². The van der Waals surface area contributed by atoms with Gasteiger partial charge >= 0.3 is 0 Å². The van der Waals surface area contributed by atoms with Crippen LogP contribution in [0.2, 0.25) is 0 Å². The first-order valence-corrected chi connectivity index (χ1v) is 10.3. The normalized spacial score (nSPS) is 23.8. The number of nitrogens with one attached hydrogen (secondary N) is 2. The van der Waals surface area contributed by atoms with Crippen LogP contribution in [0, 0.1) is 0 Å². The van der Waals surface area contributed by atoms with Gasteiger partial charge in [-0.2, -0.15) is 0 Å². The molecule has 2 aliphatic rings. The lowest BCUT2D eigenvalue weighted by Gasteiger charge is -2.28. The fourth-order valence-corrected chi connectivity index (χ4v) is 4.85. The van der Waals surface area contributed by atoms with Gasteiger partial charge in [0.2, 0.25) is 10.0 Å². The largest absolute Gasteiger partial charge is 0.331 e. The van der Waals surface area contributed by atoms with Gasteiger partial charge in [-0.05, 0) is 44.4 Å². The van der Waals surface area contributed by atoms with Gasteiger partial charge in [0.05, 0.1) is 17.0 Å². The fourth-order valence-electron chi connectivity index (χ4n) is 3.70. The molecule has 2 N–H and O–H groups in total. The van der Waals surface area contributed by atoms with Crippen LogP contribution < -0.4 is 10.0 Å². The molecule has 2 unspecified atom stereocenters. The molecule has 0 spiro atoms. The van der Waals surface area contributed by atoms with Crippen molar-refractivity contribution in [1.29, 1.82) is 0 Å². The van der Waals surface area contributed by atoms with Gasteiger partial charge in [-0.1, -0.05) is 19.1 Å². The Labute approximate surface area is 143 Å². The minimum Gasteiger partial charge on any atom is -0.331 e. The highest BCUT2D eigenvalue weighted by atomic mass is 32.2. The predicted octanol–water partition coefficient (Wildman–Crippen LogP) is 1.80. The molecule has 2 heterocycles. The fraction of sp³-hybridized carbons (Fsp3) is 0.588. The van der Waals surface area contributed by atoms with Crippen LogP contribution in [-0.4, -0.2) is 50.2 Å². The Kier molecular flexibility index (Phi) is 5.10. The minimum absolute atomic E-state index is 0.0500. The predicted molar refractivity (Wildman–Crippen MR) is 94.6 cm³/mol. The van der Waals surface area contributed by atoms with Gasteiger partial charge in [0.25, 0.3) is 5.91 Å². The first-order chi connectivity index (χ1) is 11.5. The Balaban J connectivity index is 1.88. The second-order valence-corrected chi connectivity index (χ2v) is 8.40. The van der Waals surface area contributed by atoms with E-state index in [2.05, 4.69) is 10.0 Å². The van der Waals surface area contributed by atoms with Crippen molar-refractivity contribution in [1.82, 2.24) is 10.2 Å². The maximum atomic E-state index is 13.1. The average molecular weight is 351 g/mol. The minimum atomic E-state index is -3.42. The van der Waals surface area contributed by atoms with Gasteiger partial charge in [-0.15, -0.1) is 0 Å². The molecule has 1 aromatic rings. The summed E-state index contributed by atoms with van der Waals surface area (Å²) in [6.45, 7) is 3.56. The Morgan fingerprint density at radius 1 is 1.25 bits per heavy atom.